The molecule has 11 heteroatoms. The van der Waals surface area contributed by atoms with Gasteiger partial charge in [-0.25, -0.2) is 4.98 Å². The fourth-order valence-corrected chi connectivity index (χ4v) is 3.55. The van der Waals surface area contributed by atoms with Crippen molar-refractivity contribution in [2.75, 3.05) is 52.0 Å². The number of Topliss-reactive ketones (excluding diaryl/α,β-unsaturated/α-hetero) is 1. The Labute approximate surface area is 232 Å². The zero-order valence-electron chi connectivity index (χ0n) is 22.3. The summed E-state index contributed by atoms with van der Waals surface area (Å²) in [6, 6.07) is 12.0. The van der Waals surface area contributed by atoms with Crippen molar-refractivity contribution in [2.45, 2.75) is 6.42 Å². The number of nitrogens with one attached hydrogen (secondary N) is 2. The van der Waals surface area contributed by atoms with E-state index in [1.807, 2.05) is 19.0 Å². The third kappa shape index (κ3) is 8.10. The second-order valence-electron chi connectivity index (χ2n) is 9.04. The predicted molar refractivity (Wildman–Crippen MR) is 152 cm³/mol. The molecule has 0 radical (unpaired) electrons. The summed E-state index contributed by atoms with van der Waals surface area (Å²) >= 11 is 6.34. The van der Waals surface area contributed by atoms with Crippen molar-refractivity contribution in [3.05, 3.63) is 77.5 Å². The minimum Gasteiger partial charge on any atom is -0.492 e. The molecule has 1 aromatic heterocycles. The molecule has 1 heterocycles. The van der Waals surface area contributed by atoms with Gasteiger partial charge in [-0.3, -0.25) is 14.4 Å². The molecule has 0 aliphatic heterocycles. The summed E-state index contributed by atoms with van der Waals surface area (Å²) in [5.74, 6) is -0.401. The molecule has 0 fully saturated rings. The molecule has 3 aromatic rings. The maximum Gasteiger partial charge on any atom is 0.294 e. The SMILES string of the molecule is C=CC(=O)Cc1cc(Nc2ncc(Cl)c(Nc3ccccc3C(=O)C(=O)N(C)C)n2)ccc1OCCN(C)C. The Morgan fingerprint density at radius 3 is 2.51 bits per heavy atom. The van der Waals surface area contributed by atoms with E-state index in [9.17, 15) is 14.4 Å². The molecule has 0 unspecified atom stereocenters. The van der Waals surface area contributed by atoms with Crippen LogP contribution in [-0.2, 0) is 16.0 Å². The number of carbonyl (C=O) groups excluding carboxylic acids is 3. The smallest absolute Gasteiger partial charge is 0.294 e. The van der Waals surface area contributed by atoms with E-state index in [0.29, 0.717) is 29.3 Å². The van der Waals surface area contributed by atoms with Crippen molar-refractivity contribution in [1.82, 2.24) is 19.8 Å². The highest BCUT2D eigenvalue weighted by Gasteiger charge is 2.21. The number of likely N-dealkylation sites (N-methyl/N-ethyl adjacent to an activating group) is 2. The third-order valence-corrected chi connectivity index (χ3v) is 5.75. The van der Waals surface area contributed by atoms with Crippen LogP contribution in [0, 0.1) is 0 Å². The molecule has 10 nitrogen and oxygen atoms in total. The van der Waals surface area contributed by atoms with Crippen LogP contribution < -0.4 is 15.4 Å². The van der Waals surface area contributed by atoms with Crippen LogP contribution in [0.1, 0.15) is 15.9 Å². The number of hydrogen-bond donors (Lipinski definition) is 2. The van der Waals surface area contributed by atoms with Crippen LogP contribution >= 0.6 is 11.6 Å². The lowest BCUT2D eigenvalue weighted by molar-refractivity contribution is -0.124. The van der Waals surface area contributed by atoms with Gasteiger partial charge in [0.15, 0.2) is 11.6 Å². The van der Waals surface area contributed by atoms with Crippen LogP contribution in [0.5, 0.6) is 5.75 Å². The van der Waals surface area contributed by atoms with Crippen LogP contribution in [-0.4, -0.2) is 78.6 Å². The number of anilines is 4. The zero-order valence-corrected chi connectivity index (χ0v) is 23.1. The Kier molecular flexibility index (Phi) is 10.1. The average molecular weight is 551 g/mol. The van der Waals surface area contributed by atoms with Crippen molar-refractivity contribution in [3.63, 3.8) is 0 Å². The number of allylic oxidation sites excluding steroid dienone is 1. The molecular weight excluding hydrogens is 520 g/mol. The summed E-state index contributed by atoms with van der Waals surface area (Å²) in [5.41, 5.74) is 1.87. The maximum atomic E-state index is 12.7. The van der Waals surface area contributed by atoms with Crippen molar-refractivity contribution >= 4 is 52.2 Å². The summed E-state index contributed by atoms with van der Waals surface area (Å²) in [5, 5.41) is 6.36. The molecule has 39 heavy (non-hydrogen) atoms. The molecule has 0 saturated heterocycles. The van der Waals surface area contributed by atoms with Gasteiger partial charge in [-0.1, -0.05) is 30.3 Å². The quantitative estimate of drug-likeness (QED) is 0.184. The lowest BCUT2D eigenvalue weighted by atomic mass is 10.1. The number of amides is 1. The molecule has 2 aromatic carbocycles. The summed E-state index contributed by atoms with van der Waals surface area (Å²) in [4.78, 5) is 48.9. The Hall–Kier alpha value is -4.28. The summed E-state index contributed by atoms with van der Waals surface area (Å²) in [6.45, 7) is 4.75. The van der Waals surface area contributed by atoms with Gasteiger partial charge in [0.2, 0.25) is 5.95 Å². The van der Waals surface area contributed by atoms with Gasteiger partial charge < -0.3 is 25.2 Å². The van der Waals surface area contributed by atoms with E-state index in [0.717, 1.165) is 6.54 Å². The number of para-hydroxylation sites is 1. The standard InChI is InChI=1S/C28H31ClN6O4/c1-6-20(36)16-18-15-19(11-12-24(18)39-14-13-34(2)3)31-28-30-17-22(29)26(33-28)32-23-10-8-7-9-21(23)25(37)27(38)35(4)5/h6-12,15,17H,1,13-14,16H2,2-5H3,(H2,30,31,32,33). The van der Waals surface area contributed by atoms with Gasteiger partial charge in [0.25, 0.3) is 11.7 Å². The Balaban J connectivity index is 1.86. The zero-order chi connectivity index (χ0) is 28.5. The first-order valence-corrected chi connectivity index (χ1v) is 12.4. The molecular formula is C28H31ClN6O4. The number of hydrogen-bond acceptors (Lipinski definition) is 9. The van der Waals surface area contributed by atoms with Crippen molar-refractivity contribution in [2.24, 2.45) is 0 Å². The van der Waals surface area contributed by atoms with E-state index in [-0.39, 0.29) is 34.6 Å². The highest BCUT2D eigenvalue weighted by atomic mass is 35.5. The molecule has 2 N–H and O–H groups in total. The minimum absolute atomic E-state index is 0.126. The van der Waals surface area contributed by atoms with Crippen LogP contribution in [0.2, 0.25) is 5.02 Å². The van der Waals surface area contributed by atoms with Crippen LogP contribution in [0.15, 0.2) is 61.3 Å². The lowest BCUT2D eigenvalue weighted by Gasteiger charge is -2.16. The van der Waals surface area contributed by atoms with Gasteiger partial charge in [-0.15, -0.1) is 0 Å². The maximum absolute atomic E-state index is 12.7. The topological polar surface area (TPSA) is 117 Å². The molecule has 204 valence electrons. The van der Waals surface area contributed by atoms with E-state index < -0.39 is 11.7 Å². The van der Waals surface area contributed by atoms with Gasteiger partial charge in [0.05, 0.1) is 17.4 Å². The molecule has 0 aliphatic carbocycles. The van der Waals surface area contributed by atoms with Gasteiger partial charge in [0, 0.05) is 38.3 Å². The third-order valence-electron chi connectivity index (χ3n) is 5.47. The average Bonchev–Trinajstić information content (AvgIpc) is 2.90. The van der Waals surface area contributed by atoms with E-state index in [1.165, 1.54) is 31.3 Å². The predicted octanol–water partition coefficient (Wildman–Crippen LogP) is 4.13. The van der Waals surface area contributed by atoms with Crippen molar-refractivity contribution in [1.29, 1.82) is 0 Å². The van der Waals surface area contributed by atoms with Gasteiger partial charge in [-0.05, 0) is 50.5 Å². The fourth-order valence-electron chi connectivity index (χ4n) is 3.41. The Morgan fingerprint density at radius 2 is 1.82 bits per heavy atom. The highest BCUT2D eigenvalue weighted by molar-refractivity contribution is 6.43. The number of rotatable bonds is 13. The van der Waals surface area contributed by atoms with Crippen LogP contribution in [0.25, 0.3) is 0 Å². The van der Waals surface area contributed by atoms with E-state index in [1.54, 1.807) is 42.5 Å². The number of benzene rings is 2. The largest absolute Gasteiger partial charge is 0.492 e. The molecule has 0 atom stereocenters. The normalized spacial score (nSPS) is 10.6. The second kappa shape index (κ2) is 13.5. The first-order valence-electron chi connectivity index (χ1n) is 12.1. The van der Waals surface area contributed by atoms with Gasteiger partial charge in [0.1, 0.15) is 17.4 Å². The number of ether oxygens (including phenoxy) is 1. The second-order valence-corrected chi connectivity index (χ2v) is 9.44. The van der Waals surface area contributed by atoms with Crippen molar-refractivity contribution in [3.8, 4) is 5.75 Å². The molecule has 1 amide bonds. The number of ketones is 2. The minimum atomic E-state index is -0.666. The fraction of sp³-hybridized carbons (Fsp3) is 0.250. The summed E-state index contributed by atoms with van der Waals surface area (Å²) in [7, 11) is 6.93. The lowest BCUT2D eigenvalue weighted by Crippen LogP contribution is -2.30. The molecule has 0 saturated carbocycles. The van der Waals surface area contributed by atoms with E-state index in [4.69, 9.17) is 16.3 Å². The first-order chi connectivity index (χ1) is 18.6. The van der Waals surface area contributed by atoms with E-state index >= 15 is 0 Å². The van der Waals surface area contributed by atoms with Gasteiger partial charge >= 0.3 is 0 Å². The number of halogens is 1. The van der Waals surface area contributed by atoms with Gasteiger partial charge in [-0.2, -0.15) is 4.98 Å². The monoisotopic (exact) mass is 550 g/mol. The number of nitrogens with zero attached hydrogens (tertiary/aromatic N) is 4. The number of carbonyl (C=O) groups is 3. The van der Waals surface area contributed by atoms with Crippen LogP contribution in [0.3, 0.4) is 0 Å². The van der Waals surface area contributed by atoms with Crippen LogP contribution in [0.4, 0.5) is 23.1 Å². The highest BCUT2D eigenvalue weighted by Crippen LogP contribution is 2.29. The molecule has 0 bridgehead atoms. The molecule has 0 spiro atoms. The Morgan fingerprint density at radius 1 is 1.08 bits per heavy atom. The first kappa shape index (κ1) is 29.3. The number of aromatic nitrogens is 2. The summed E-state index contributed by atoms with van der Waals surface area (Å²) < 4.78 is 5.89. The van der Waals surface area contributed by atoms with Crippen molar-refractivity contribution < 1.29 is 19.1 Å². The molecule has 0 aliphatic rings. The Bertz CT molecular complexity index is 1380. The molecule has 3 rings (SSSR count). The summed E-state index contributed by atoms with van der Waals surface area (Å²) in [6.07, 6.45) is 2.81. The van der Waals surface area contributed by atoms with E-state index in [2.05, 4.69) is 27.2 Å².